The van der Waals surface area contributed by atoms with E-state index in [0.29, 0.717) is 4.47 Å². The fourth-order valence-electron chi connectivity index (χ4n) is 1.57. The molecule has 0 saturated carbocycles. The Morgan fingerprint density at radius 1 is 1.43 bits per heavy atom. The van der Waals surface area contributed by atoms with E-state index in [1.54, 1.807) is 0 Å². The van der Waals surface area contributed by atoms with Crippen LogP contribution in [0.4, 0.5) is 18.9 Å². The molecule has 0 N–H and O–H groups in total. The Kier molecular flexibility index (Phi) is 5.70. The first kappa shape index (κ1) is 17.4. The molecule has 0 saturated heterocycles. The quantitative estimate of drug-likeness (QED) is 0.324. The van der Waals surface area contributed by atoms with Crippen molar-refractivity contribution < 1.29 is 27.6 Å². The molecule has 0 fully saturated rings. The maximum atomic E-state index is 12.0. The van der Waals surface area contributed by atoms with Crippen LogP contribution in [0.5, 0.6) is 5.75 Å². The summed E-state index contributed by atoms with van der Waals surface area (Å²) < 4.78 is 41.4. The van der Waals surface area contributed by atoms with Gasteiger partial charge in [-0.3, -0.25) is 14.9 Å². The molecule has 0 spiro atoms. The molecule has 1 aromatic carbocycles. The van der Waals surface area contributed by atoms with Crippen molar-refractivity contribution in [2.45, 2.75) is 25.9 Å². The van der Waals surface area contributed by atoms with Gasteiger partial charge in [0, 0.05) is 17.0 Å². The van der Waals surface area contributed by atoms with Gasteiger partial charge in [-0.1, -0.05) is 15.9 Å². The van der Waals surface area contributed by atoms with Crippen molar-refractivity contribution in [3.05, 3.63) is 32.3 Å². The fraction of sp³-hybridized carbons (Fsp3) is 0.417. The van der Waals surface area contributed by atoms with E-state index in [4.69, 9.17) is 4.74 Å². The van der Waals surface area contributed by atoms with Crippen molar-refractivity contribution in [2.24, 2.45) is 0 Å². The predicted molar refractivity (Wildman–Crippen MR) is 71.6 cm³/mol. The average Bonchev–Trinajstić information content (AvgIpc) is 2.33. The summed E-state index contributed by atoms with van der Waals surface area (Å²) in [6.07, 6.45) is -5.74. The first-order valence-corrected chi connectivity index (χ1v) is 6.59. The number of nitrogens with zero attached hydrogens (tertiary/aromatic N) is 1. The number of ether oxygens (including phenoxy) is 1. The molecule has 116 valence electrons. The van der Waals surface area contributed by atoms with Crippen LogP contribution in [0.1, 0.15) is 30.1 Å². The average molecular weight is 370 g/mol. The molecule has 0 aliphatic heterocycles. The summed E-state index contributed by atoms with van der Waals surface area (Å²) >= 11 is 3.03. The zero-order valence-electron chi connectivity index (χ0n) is 10.9. The zero-order chi connectivity index (χ0) is 16.2. The number of alkyl halides is 3. The minimum atomic E-state index is -4.32. The van der Waals surface area contributed by atoms with Crippen LogP contribution in [-0.4, -0.2) is 23.5 Å². The number of benzene rings is 1. The van der Waals surface area contributed by atoms with Crippen molar-refractivity contribution in [1.82, 2.24) is 0 Å². The second kappa shape index (κ2) is 6.88. The van der Waals surface area contributed by atoms with E-state index >= 15 is 0 Å². The van der Waals surface area contributed by atoms with E-state index in [-0.39, 0.29) is 24.3 Å². The summed E-state index contributed by atoms with van der Waals surface area (Å²) in [4.78, 5) is 21.7. The van der Waals surface area contributed by atoms with E-state index in [9.17, 15) is 28.1 Å². The van der Waals surface area contributed by atoms with Crippen LogP contribution in [0.3, 0.4) is 0 Å². The van der Waals surface area contributed by atoms with Crippen molar-refractivity contribution in [2.75, 3.05) is 6.61 Å². The van der Waals surface area contributed by atoms with E-state index in [1.165, 1.54) is 13.0 Å². The number of ketones is 1. The molecule has 5 nitrogen and oxygen atoms in total. The molecule has 9 heteroatoms. The topological polar surface area (TPSA) is 69.4 Å². The fourth-order valence-corrected chi connectivity index (χ4v) is 2.02. The van der Waals surface area contributed by atoms with E-state index in [2.05, 4.69) is 15.9 Å². The monoisotopic (exact) mass is 369 g/mol. The van der Waals surface area contributed by atoms with Gasteiger partial charge < -0.3 is 4.74 Å². The number of hydrogen-bond acceptors (Lipinski definition) is 4. The lowest BCUT2D eigenvalue weighted by molar-refractivity contribution is -0.386. The molecule has 0 bridgehead atoms. The second-order valence-electron chi connectivity index (χ2n) is 4.18. The Hall–Kier alpha value is -1.64. The summed E-state index contributed by atoms with van der Waals surface area (Å²) in [5.41, 5.74) is -0.523. The van der Waals surface area contributed by atoms with Gasteiger partial charge in [0.25, 0.3) is 0 Å². The minimum absolute atomic E-state index is 0.0527. The Balaban J connectivity index is 2.98. The minimum Gasteiger partial charge on any atom is -0.486 e. The molecule has 0 heterocycles. The van der Waals surface area contributed by atoms with Crippen molar-refractivity contribution >= 4 is 27.4 Å². The zero-order valence-corrected chi connectivity index (χ0v) is 12.5. The number of nitro benzene ring substituents is 1. The summed E-state index contributed by atoms with van der Waals surface area (Å²) in [5.74, 6) is -0.789. The lowest BCUT2D eigenvalue weighted by Gasteiger charge is -2.11. The molecule has 0 radical (unpaired) electrons. The van der Waals surface area contributed by atoms with Gasteiger partial charge in [-0.2, -0.15) is 13.2 Å². The van der Waals surface area contributed by atoms with Gasteiger partial charge in [-0.25, -0.2) is 0 Å². The number of Topliss-reactive ketones (excluding diaryl/α,β-unsaturated/α-hetero) is 1. The largest absolute Gasteiger partial charge is 0.486 e. The summed E-state index contributed by atoms with van der Waals surface area (Å²) in [6.45, 7) is 0.816. The Morgan fingerprint density at radius 2 is 2.05 bits per heavy atom. The van der Waals surface area contributed by atoms with E-state index in [0.717, 1.165) is 6.07 Å². The highest BCUT2D eigenvalue weighted by Crippen LogP contribution is 2.35. The summed E-state index contributed by atoms with van der Waals surface area (Å²) in [6, 6.07) is 2.46. The van der Waals surface area contributed by atoms with Gasteiger partial charge in [0.2, 0.25) is 5.75 Å². The number of hydrogen-bond donors (Lipinski definition) is 0. The molecule has 1 aromatic rings. The summed E-state index contributed by atoms with van der Waals surface area (Å²) in [5, 5.41) is 11.0. The predicted octanol–water partition coefficient (Wildman–Crippen LogP) is 4.28. The number of nitro groups is 1. The smallest absolute Gasteiger partial charge is 0.389 e. The first-order chi connectivity index (χ1) is 9.61. The maximum absolute atomic E-state index is 12.0. The number of carbonyl (C=O) groups excluding carboxylic acids is 1. The standard InChI is InChI=1S/C12H11BrF3NO4/c1-7(18)9-5-8(13)6-10(17(19)20)11(9)21-4-2-3-12(14,15)16/h5-6H,2-4H2,1H3. The number of halogens is 4. The Morgan fingerprint density at radius 3 is 2.52 bits per heavy atom. The van der Waals surface area contributed by atoms with Crippen molar-refractivity contribution in [1.29, 1.82) is 0 Å². The second-order valence-corrected chi connectivity index (χ2v) is 5.10. The van der Waals surface area contributed by atoms with Gasteiger partial charge in [0.1, 0.15) is 0 Å². The molecule has 0 amide bonds. The molecule has 0 aromatic heterocycles. The van der Waals surface area contributed by atoms with Gasteiger partial charge in [0.05, 0.1) is 17.1 Å². The van der Waals surface area contributed by atoms with Crippen molar-refractivity contribution in [3.8, 4) is 5.75 Å². The molecule has 0 aliphatic carbocycles. The lowest BCUT2D eigenvalue weighted by atomic mass is 10.1. The molecule has 0 atom stereocenters. The number of carbonyl (C=O) groups is 1. The third-order valence-electron chi connectivity index (χ3n) is 2.46. The number of rotatable bonds is 6. The third-order valence-corrected chi connectivity index (χ3v) is 2.92. The van der Waals surface area contributed by atoms with Crippen LogP contribution < -0.4 is 4.74 Å². The van der Waals surface area contributed by atoms with Gasteiger partial charge in [-0.05, 0) is 19.4 Å². The van der Waals surface area contributed by atoms with Crippen LogP contribution in [-0.2, 0) is 0 Å². The van der Waals surface area contributed by atoms with Crippen LogP contribution >= 0.6 is 15.9 Å². The van der Waals surface area contributed by atoms with Crippen molar-refractivity contribution in [3.63, 3.8) is 0 Å². The SMILES string of the molecule is CC(=O)c1cc(Br)cc([N+](=O)[O-])c1OCCCC(F)(F)F. The normalized spacial score (nSPS) is 11.3. The Bertz CT molecular complexity index is 525. The molecular formula is C12H11BrF3NO4. The highest BCUT2D eigenvalue weighted by molar-refractivity contribution is 9.10. The molecule has 21 heavy (non-hydrogen) atoms. The van der Waals surface area contributed by atoms with Gasteiger partial charge in [0.15, 0.2) is 5.78 Å². The first-order valence-electron chi connectivity index (χ1n) is 5.80. The van der Waals surface area contributed by atoms with E-state index in [1.807, 2.05) is 0 Å². The van der Waals surface area contributed by atoms with E-state index < -0.39 is 29.0 Å². The lowest BCUT2D eigenvalue weighted by Crippen LogP contribution is -2.11. The molecule has 0 aliphatic rings. The van der Waals surface area contributed by atoms with Crippen LogP contribution in [0, 0.1) is 10.1 Å². The highest BCUT2D eigenvalue weighted by atomic mass is 79.9. The highest BCUT2D eigenvalue weighted by Gasteiger charge is 2.27. The molecular weight excluding hydrogens is 359 g/mol. The van der Waals surface area contributed by atoms with Gasteiger partial charge in [-0.15, -0.1) is 0 Å². The van der Waals surface area contributed by atoms with Crippen LogP contribution in [0.2, 0.25) is 0 Å². The maximum Gasteiger partial charge on any atom is 0.389 e. The van der Waals surface area contributed by atoms with Crippen LogP contribution in [0.15, 0.2) is 16.6 Å². The third kappa shape index (κ3) is 5.33. The summed E-state index contributed by atoms with van der Waals surface area (Å²) in [7, 11) is 0. The Labute approximate surface area is 126 Å². The molecule has 1 rings (SSSR count). The van der Waals surface area contributed by atoms with Gasteiger partial charge >= 0.3 is 11.9 Å². The molecule has 0 unspecified atom stereocenters. The van der Waals surface area contributed by atoms with Crippen LogP contribution in [0.25, 0.3) is 0 Å².